The molecule has 0 saturated carbocycles. The summed E-state index contributed by atoms with van der Waals surface area (Å²) in [6.07, 6.45) is 1.60. The van der Waals surface area contributed by atoms with Gasteiger partial charge >= 0.3 is 5.97 Å². The first-order valence-corrected chi connectivity index (χ1v) is 13.2. The molecule has 0 spiro atoms. The molecule has 11 heteroatoms. The van der Waals surface area contributed by atoms with Crippen LogP contribution in [-0.2, 0) is 9.53 Å². The topological polar surface area (TPSA) is 126 Å². The van der Waals surface area contributed by atoms with E-state index < -0.39 is 16.9 Å². The van der Waals surface area contributed by atoms with E-state index in [4.69, 9.17) is 13.9 Å². The van der Waals surface area contributed by atoms with Gasteiger partial charge in [-0.05, 0) is 39.0 Å². The Hall–Kier alpha value is -4.77. The van der Waals surface area contributed by atoms with Crippen molar-refractivity contribution < 1.29 is 23.6 Å². The van der Waals surface area contributed by atoms with Gasteiger partial charge in [-0.25, -0.2) is 9.79 Å². The van der Waals surface area contributed by atoms with Crippen molar-refractivity contribution in [1.82, 2.24) is 4.57 Å². The lowest BCUT2D eigenvalue weighted by atomic mass is 9.95. The van der Waals surface area contributed by atoms with Gasteiger partial charge < -0.3 is 13.9 Å². The van der Waals surface area contributed by atoms with E-state index in [1.54, 1.807) is 63.2 Å². The van der Waals surface area contributed by atoms with Crippen molar-refractivity contribution in [2.75, 3.05) is 13.7 Å². The summed E-state index contributed by atoms with van der Waals surface area (Å²) >= 11 is 1.17. The molecule has 1 atom stereocenters. The lowest BCUT2D eigenvalue weighted by Gasteiger charge is -2.25. The Morgan fingerprint density at radius 3 is 2.67 bits per heavy atom. The number of rotatable bonds is 7. The summed E-state index contributed by atoms with van der Waals surface area (Å²) in [6, 6.07) is 14.6. The van der Waals surface area contributed by atoms with Crippen LogP contribution < -0.4 is 19.6 Å². The molecule has 1 aliphatic heterocycles. The van der Waals surface area contributed by atoms with Gasteiger partial charge in [-0.15, -0.1) is 0 Å². The van der Waals surface area contributed by atoms with Gasteiger partial charge in [0.1, 0.15) is 23.3 Å². The number of thiazole rings is 1. The largest absolute Gasteiger partial charge is 0.496 e. The molecule has 2 aromatic heterocycles. The van der Waals surface area contributed by atoms with Gasteiger partial charge in [-0.1, -0.05) is 41.7 Å². The molecule has 0 aliphatic carbocycles. The minimum Gasteiger partial charge on any atom is -0.496 e. The van der Waals surface area contributed by atoms with Gasteiger partial charge in [-0.3, -0.25) is 19.5 Å². The zero-order valence-electron chi connectivity index (χ0n) is 22.2. The summed E-state index contributed by atoms with van der Waals surface area (Å²) in [7, 11) is 1.53. The van der Waals surface area contributed by atoms with Gasteiger partial charge in [-0.2, -0.15) is 0 Å². The van der Waals surface area contributed by atoms with Crippen molar-refractivity contribution in [2.45, 2.75) is 26.8 Å². The highest BCUT2D eigenvalue weighted by Crippen LogP contribution is 2.36. The average molecular weight is 560 g/mol. The van der Waals surface area contributed by atoms with E-state index in [1.165, 1.54) is 29.1 Å². The molecular formula is C29H25N3O7S. The van der Waals surface area contributed by atoms with Gasteiger partial charge in [0, 0.05) is 28.8 Å². The highest BCUT2D eigenvalue weighted by Gasteiger charge is 2.35. The SMILES string of the molecule is CCOC(=O)C1=C(C)N=c2s/c(=C\c3ccc(-c4cccc([N+](=O)[O-])c4C)o3)c(=O)n2[C@@H]1c1ccccc1OC. The van der Waals surface area contributed by atoms with Crippen LogP contribution in [0.15, 0.2) is 80.1 Å². The van der Waals surface area contributed by atoms with Crippen molar-refractivity contribution in [1.29, 1.82) is 0 Å². The number of para-hydroxylation sites is 1. The van der Waals surface area contributed by atoms with Crippen molar-refractivity contribution in [3.63, 3.8) is 0 Å². The standard InChI is InChI=1S/C29H25N3O7S/c1-5-38-28(34)25-17(3)30-29-31(26(25)20-9-6-7-12-22(20)37-4)27(33)24(40-29)15-18-13-14-23(39-18)19-10-8-11-21(16(19)2)32(35)36/h6-15,26H,5H2,1-4H3/b24-15-/t26-/m1/s1. The van der Waals surface area contributed by atoms with E-state index in [1.807, 2.05) is 12.1 Å². The Morgan fingerprint density at radius 2 is 1.95 bits per heavy atom. The second-order valence-corrected chi connectivity index (χ2v) is 9.96. The predicted molar refractivity (Wildman–Crippen MR) is 149 cm³/mol. The van der Waals surface area contributed by atoms with Gasteiger partial charge in [0.15, 0.2) is 4.80 Å². The summed E-state index contributed by atoms with van der Waals surface area (Å²) < 4.78 is 18.7. The fourth-order valence-electron chi connectivity index (χ4n) is 4.77. The number of hydrogen-bond acceptors (Lipinski definition) is 9. The molecule has 0 N–H and O–H groups in total. The van der Waals surface area contributed by atoms with Crippen molar-refractivity contribution in [3.05, 3.63) is 113 Å². The number of carbonyl (C=O) groups is 1. The quantitative estimate of drug-likeness (QED) is 0.188. The lowest BCUT2D eigenvalue weighted by molar-refractivity contribution is -0.385. The van der Waals surface area contributed by atoms with E-state index in [-0.39, 0.29) is 23.4 Å². The number of nitro benzene ring substituents is 1. The maximum atomic E-state index is 13.8. The molecule has 0 unspecified atom stereocenters. The van der Waals surface area contributed by atoms with E-state index in [9.17, 15) is 19.7 Å². The Morgan fingerprint density at radius 1 is 1.18 bits per heavy atom. The Labute approximate surface area is 232 Å². The molecule has 0 radical (unpaired) electrons. The molecule has 10 nitrogen and oxygen atoms in total. The number of aromatic nitrogens is 1. The van der Waals surface area contributed by atoms with Crippen LogP contribution in [0.2, 0.25) is 0 Å². The van der Waals surface area contributed by atoms with E-state index in [0.29, 0.717) is 49.0 Å². The Bertz CT molecular complexity index is 1860. The van der Waals surface area contributed by atoms with Crippen LogP contribution in [0, 0.1) is 17.0 Å². The third-order valence-electron chi connectivity index (χ3n) is 6.62. The van der Waals surface area contributed by atoms with Gasteiger partial charge in [0.05, 0.1) is 34.4 Å². The smallest absolute Gasteiger partial charge is 0.338 e. The summed E-state index contributed by atoms with van der Waals surface area (Å²) in [6.45, 7) is 5.26. The fraction of sp³-hybridized carbons (Fsp3) is 0.207. The number of nitro groups is 1. The molecule has 4 aromatic rings. The van der Waals surface area contributed by atoms with Crippen LogP contribution in [0.1, 0.15) is 36.8 Å². The number of hydrogen-bond donors (Lipinski definition) is 0. The molecule has 5 rings (SSSR count). The second-order valence-electron chi connectivity index (χ2n) is 8.95. The number of methoxy groups -OCH3 is 1. The first kappa shape index (κ1) is 26.8. The highest BCUT2D eigenvalue weighted by atomic mass is 32.1. The number of esters is 1. The normalized spacial score (nSPS) is 15.0. The summed E-state index contributed by atoms with van der Waals surface area (Å²) in [5.41, 5.74) is 2.02. The maximum Gasteiger partial charge on any atom is 0.338 e. The molecule has 0 fully saturated rings. The minimum atomic E-state index is -0.812. The van der Waals surface area contributed by atoms with Crippen LogP contribution in [0.4, 0.5) is 5.69 Å². The van der Waals surface area contributed by atoms with Gasteiger partial charge in [0.2, 0.25) is 0 Å². The van der Waals surface area contributed by atoms with Gasteiger partial charge in [0.25, 0.3) is 11.2 Å². The van der Waals surface area contributed by atoms with Crippen molar-refractivity contribution in [3.8, 4) is 17.1 Å². The first-order valence-electron chi connectivity index (χ1n) is 12.4. The number of nitrogens with zero attached hydrogens (tertiary/aromatic N) is 3. The van der Waals surface area contributed by atoms with Crippen LogP contribution in [0.3, 0.4) is 0 Å². The number of carbonyl (C=O) groups excluding carboxylic acids is 1. The molecule has 3 heterocycles. The summed E-state index contributed by atoms with van der Waals surface area (Å²) in [5.74, 6) is 0.785. The molecule has 204 valence electrons. The van der Waals surface area contributed by atoms with Crippen LogP contribution >= 0.6 is 11.3 Å². The number of benzene rings is 2. The third kappa shape index (κ3) is 4.64. The molecule has 0 saturated heterocycles. The summed E-state index contributed by atoms with van der Waals surface area (Å²) in [5, 5.41) is 11.4. The van der Waals surface area contributed by atoms with Crippen molar-refractivity contribution in [2.24, 2.45) is 4.99 Å². The highest BCUT2D eigenvalue weighted by molar-refractivity contribution is 7.07. The number of furan rings is 1. The number of fused-ring (bicyclic) bond motifs is 1. The first-order chi connectivity index (χ1) is 19.2. The molecule has 40 heavy (non-hydrogen) atoms. The molecule has 0 bridgehead atoms. The van der Waals surface area contributed by atoms with E-state index in [2.05, 4.69) is 4.99 Å². The molecule has 0 amide bonds. The van der Waals surface area contributed by atoms with Crippen LogP contribution in [-0.4, -0.2) is 29.2 Å². The van der Waals surface area contributed by atoms with E-state index >= 15 is 0 Å². The Kier molecular flexibility index (Phi) is 7.22. The maximum absolute atomic E-state index is 13.8. The lowest BCUT2D eigenvalue weighted by Crippen LogP contribution is -2.40. The van der Waals surface area contributed by atoms with Crippen LogP contribution in [0.25, 0.3) is 17.4 Å². The minimum absolute atomic E-state index is 0.00660. The number of ether oxygens (including phenoxy) is 2. The molecule has 1 aliphatic rings. The van der Waals surface area contributed by atoms with E-state index in [0.717, 1.165) is 0 Å². The monoisotopic (exact) mass is 559 g/mol. The number of allylic oxidation sites excluding steroid dienone is 1. The zero-order valence-corrected chi connectivity index (χ0v) is 23.0. The van der Waals surface area contributed by atoms with Crippen molar-refractivity contribution >= 4 is 29.1 Å². The zero-order chi connectivity index (χ0) is 28.6. The molecular weight excluding hydrogens is 534 g/mol. The Balaban J connectivity index is 1.65. The molecule has 2 aromatic carbocycles. The average Bonchev–Trinajstić information content (AvgIpc) is 3.52. The summed E-state index contributed by atoms with van der Waals surface area (Å²) in [4.78, 5) is 42.8. The third-order valence-corrected chi connectivity index (χ3v) is 7.60. The second kappa shape index (κ2) is 10.8. The fourth-order valence-corrected chi connectivity index (χ4v) is 5.80. The predicted octanol–water partition coefficient (Wildman–Crippen LogP) is 4.28. The van der Waals surface area contributed by atoms with Crippen LogP contribution in [0.5, 0.6) is 5.75 Å².